The van der Waals surface area contributed by atoms with Gasteiger partial charge in [-0.25, -0.2) is 4.98 Å². The van der Waals surface area contributed by atoms with Gasteiger partial charge in [-0.1, -0.05) is 22.8 Å². The lowest BCUT2D eigenvalue weighted by Crippen LogP contribution is -2.39. The van der Waals surface area contributed by atoms with Gasteiger partial charge in [-0.3, -0.25) is 14.1 Å². The number of para-hydroxylation sites is 1. The molecule has 1 aliphatic carbocycles. The molecule has 11 heteroatoms. The highest BCUT2D eigenvalue weighted by Crippen LogP contribution is 2.44. The Morgan fingerprint density at radius 3 is 2.75 bits per heavy atom. The first-order valence-corrected chi connectivity index (χ1v) is 11.0. The largest absolute Gasteiger partial charge is 0.382 e. The predicted molar refractivity (Wildman–Crippen MR) is 116 cm³/mol. The highest BCUT2D eigenvalue weighted by atomic mass is 35.5. The fraction of sp³-hybridized carbons (Fsp3) is 0.429. The molecule has 0 radical (unpaired) electrons. The van der Waals surface area contributed by atoms with E-state index in [9.17, 15) is 9.90 Å². The summed E-state index contributed by atoms with van der Waals surface area (Å²) in [6.45, 7) is 4.20. The molecule has 3 aromatic heterocycles. The number of hydrogen-bond donors (Lipinski definition) is 1. The molecule has 0 bridgehead atoms. The standard InChI is InChI=1S/C21H21ClN6O4/c22-13-2-1-3-14-16(13)27(7-6-26-8-10-31-11-9-26)19(29)17-15(23-12-28(14)17)18-24-20(25-32-18)21(30)4-5-21/h1-3,12,30H,4-11H2. The minimum Gasteiger partial charge on any atom is -0.382 e. The average Bonchev–Trinajstić information content (AvgIpc) is 3.19. The van der Waals surface area contributed by atoms with Gasteiger partial charge in [0.25, 0.3) is 11.4 Å². The Balaban J connectivity index is 1.50. The zero-order valence-corrected chi connectivity index (χ0v) is 18.0. The fourth-order valence-electron chi connectivity index (χ4n) is 4.22. The van der Waals surface area contributed by atoms with E-state index in [4.69, 9.17) is 20.9 Å². The lowest BCUT2D eigenvalue weighted by Gasteiger charge is -2.27. The molecule has 1 saturated carbocycles. The highest BCUT2D eigenvalue weighted by Gasteiger charge is 2.47. The molecule has 166 valence electrons. The molecule has 32 heavy (non-hydrogen) atoms. The summed E-state index contributed by atoms with van der Waals surface area (Å²) in [4.78, 5) is 24.7. The summed E-state index contributed by atoms with van der Waals surface area (Å²) in [5, 5.41) is 14.7. The van der Waals surface area contributed by atoms with Crippen LogP contribution in [-0.4, -0.2) is 66.9 Å². The number of rotatable bonds is 5. The number of aromatic nitrogens is 5. The molecular formula is C21H21ClN6O4. The van der Waals surface area contributed by atoms with Crippen LogP contribution in [0.3, 0.4) is 0 Å². The molecule has 1 aliphatic heterocycles. The Morgan fingerprint density at radius 2 is 1.97 bits per heavy atom. The van der Waals surface area contributed by atoms with E-state index in [0.29, 0.717) is 60.9 Å². The maximum Gasteiger partial charge on any atom is 0.279 e. The van der Waals surface area contributed by atoms with Crippen LogP contribution in [0.2, 0.25) is 5.02 Å². The van der Waals surface area contributed by atoms with E-state index >= 15 is 0 Å². The molecule has 2 aliphatic rings. The van der Waals surface area contributed by atoms with Crippen LogP contribution in [0.1, 0.15) is 18.7 Å². The summed E-state index contributed by atoms with van der Waals surface area (Å²) in [5.41, 5.74) is 0.766. The third-order valence-corrected chi connectivity index (χ3v) is 6.53. The third-order valence-electron chi connectivity index (χ3n) is 6.22. The predicted octanol–water partition coefficient (Wildman–Crippen LogP) is 1.67. The van der Waals surface area contributed by atoms with Crippen LogP contribution in [-0.2, 0) is 16.9 Å². The van der Waals surface area contributed by atoms with Crippen LogP contribution < -0.4 is 5.56 Å². The molecule has 6 rings (SSSR count). The van der Waals surface area contributed by atoms with Crippen molar-refractivity contribution in [3.63, 3.8) is 0 Å². The van der Waals surface area contributed by atoms with E-state index < -0.39 is 5.60 Å². The zero-order chi connectivity index (χ0) is 21.9. The number of ether oxygens (including phenoxy) is 1. The molecule has 0 spiro atoms. The summed E-state index contributed by atoms with van der Waals surface area (Å²) in [6.07, 6.45) is 2.74. The third kappa shape index (κ3) is 3.14. The van der Waals surface area contributed by atoms with Gasteiger partial charge in [-0.05, 0) is 25.0 Å². The van der Waals surface area contributed by atoms with Crippen molar-refractivity contribution in [3.05, 3.63) is 45.7 Å². The van der Waals surface area contributed by atoms with Gasteiger partial charge < -0.3 is 18.9 Å². The van der Waals surface area contributed by atoms with E-state index in [0.717, 1.165) is 18.6 Å². The first-order chi connectivity index (χ1) is 15.5. The summed E-state index contributed by atoms with van der Waals surface area (Å²) < 4.78 is 14.2. The molecule has 2 fully saturated rings. The van der Waals surface area contributed by atoms with Gasteiger partial charge in [-0.15, -0.1) is 0 Å². The second-order valence-electron chi connectivity index (χ2n) is 8.28. The minimum absolute atomic E-state index is 0.112. The van der Waals surface area contributed by atoms with Crippen molar-refractivity contribution in [2.24, 2.45) is 0 Å². The molecule has 0 amide bonds. The second kappa shape index (κ2) is 7.38. The number of fused-ring (bicyclic) bond motifs is 3. The minimum atomic E-state index is -1.03. The Hall–Kier alpha value is -2.79. The maximum absolute atomic E-state index is 13.7. The second-order valence-corrected chi connectivity index (χ2v) is 8.69. The molecule has 0 unspecified atom stereocenters. The molecular weight excluding hydrogens is 436 g/mol. The van der Waals surface area contributed by atoms with Crippen LogP contribution in [0.25, 0.3) is 28.1 Å². The smallest absolute Gasteiger partial charge is 0.279 e. The molecule has 0 atom stereocenters. The van der Waals surface area contributed by atoms with E-state index in [-0.39, 0.29) is 17.3 Å². The number of nitrogens with zero attached hydrogens (tertiary/aromatic N) is 6. The van der Waals surface area contributed by atoms with Crippen molar-refractivity contribution in [3.8, 4) is 11.6 Å². The quantitative estimate of drug-likeness (QED) is 0.482. The lowest BCUT2D eigenvalue weighted by molar-refractivity contribution is 0.0364. The normalized spacial score (nSPS) is 18.6. The van der Waals surface area contributed by atoms with Gasteiger partial charge >= 0.3 is 0 Å². The number of morpholine rings is 1. The van der Waals surface area contributed by atoms with Gasteiger partial charge in [0.1, 0.15) is 17.4 Å². The molecule has 10 nitrogen and oxygen atoms in total. The number of benzene rings is 1. The van der Waals surface area contributed by atoms with Gasteiger partial charge in [-0.2, -0.15) is 4.98 Å². The number of hydrogen-bond acceptors (Lipinski definition) is 8. The maximum atomic E-state index is 13.7. The van der Waals surface area contributed by atoms with Crippen LogP contribution >= 0.6 is 11.6 Å². The monoisotopic (exact) mass is 456 g/mol. The van der Waals surface area contributed by atoms with E-state index in [1.165, 1.54) is 0 Å². The van der Waals surface area contributed by atoms with Crippen molar-refractivity contribution in [1.82, 2.24) is 29.0 Å². The average molecular weight is 457 g/mol. The lowest BCUT2D eigenvalue weighted by atomic mass is 10.2. The van der Waals surface area contributed by atoms with E-state index in [1.54, 1.807) is 21.4 Å². The Labute approximate surface area is 187 Å². The zero-order valence-electron chi connectivity index (χ0n) is 17.2. The van der Waals surface area contributed by atoms with Crippen molar-refractivity contribution < 1.29 is 14.4 Å². The summed E-state index contributed by atoms with van der Waals surface area (Å²) >= 11 is 6.54. The highest BCUT2D eigenvalue weighted by molar-refractivity contribution is 6.35. The van der Waals surface area contributed by atoms with E-state index in [2.05, 4.69) is 20.0 Å². The molecule has 1 saturated heterocycles. The summed E-state index contributed by atoms with van der Waals surface area (Å²) in [5.74, 6) is 0.339. The van der Waals surface area contributed by atoms with Gasteiger partial charge in [0.2, 0.25) is 5.82 Å². The number of aliphatic hydroxyl groups is 1. The number of imidazole rings is 1. The van der Waals surface area contributed by atoms with Crippen molar-refractivity contribution >= 4 is 28.2 Å². The molecule has 1 aromatic carbocycles. The number of halogens is 1. The van der Waals surface area contributed by atoms with Crippen LogP contribution in [0.15, 0.2) is 33.8 Å². The van der Waals surface area contributed by atoms with Crippen molar-refractivity contribution in [2.75, 3.05) is 32.8 Å². The first-order valence-electron chi connectivity index (χ1n) is 10.6. The Morgan fingerprint density at radius 1 is 1.16 bits per heavy atom. The molecule has 1 N–H and O–H groups in total. The molecule has 4 heterocycles. The SMILES string of the molecule is O=c1c2c(-c3nc(C4(O)CC4)no3)ncn2c2cccc(Cl)c2n1CCN1CCOCC1. The topological polar surface area (TPSA) is 111 Å². The van der Waals surface area contributed by atoms with Crippen LogP contribution in [0.4, 0.5) is 0 Å². The summed E-state index contributed by atoms with van der Waals surface area (Å²) in [7, 11) is 0. The van der Waals surface area contributed by atoms with Crippen LogP contribution in [0, 0.1) is 0 Å². The fourth-order valence-corrected chi connectivity index (χ4v) is 4.49. The Bertz CT molecular complexity index is 1380. The van der Waals surface area contributed by atoms with Gasteiger partial charge in [0.15, 0.2) is 5.69 Å². The van der Waals surface area contributed by atoms with E-state index in [1.807, 2.05) is 12.1 Å². The van der Waals surface area contributed by atoms with Gasteiger partial charge in [0.05, 0.1) is 29.3 Å². The molecule has 4 aromatic rings. The van der Waals surface area contributed by atoms with Gasteiger partial charge in [0, 0.05) is 26.2 Å². The van der Waals surface area contributed by atoms with Crippen molar-refractivity contribution in [2.45, 2.75) is 25.0 Å². The van der Waals surface area contributed by atoms with Crippen molar-refractivity contribution in [1.29, 1.82) is 0 Å². The first kappa shape index (κ1) is 19.9. The van der Waals surface area contributed by atoms with Crippen LogP contribution in [0.5, 0.6) is 0 Å². The summed E-state index contributed by atoms with van der Waals surface area (Å²) in [6, 6.07) is 5.52. The Kier molecular flexibility index (Phi) is 4.58.